The van der Waals surface area contributed by atoms with Crippen LogP contribution in [0, 0.1) is 6.92 Å². The number of nitrogens with zero attached hydrogens (tertiary/aromatic N) is 4. The van der Waals surface area contributed by atoms with Gasteiger partial charge in [-0.1, -0.05) is 23.9 Å². The van der Waals surface area contributed by atoms with Gasteiger partial charge in [-0.25, -0.2) is 4.68 Å². The number of benzene rings is 1. The van der Waals surface area contributed by atoms with Crippen molar-refractivity contribution in [3.8, 4) is 5.69 Å². The number of hydrogen-bond acceptors (Lipinski definition) is 3. The molecule has 0 saturated carbocycles. The van der Waals surface area contributed by atoms with Gasteiger partial charge in [-0.3, -0.25) is 4.98 Å². The molecule has 0 atom stereocenters. The number of rotatable bonds is 2. The first-order chi connectivity index (χ1) is 8.79. The van der Waals surface area contributed by atoms with Crippen LogP contribution in [0.2, 0.25) is 0 Å². The van der Waals surface area contributed by atoms with Gasteiger partial charge >= 0.3 is 0 Å². The third kappa shape index (κ3) is 1.59. The minimum atomic E-state index is 0.811. The normalized spacial score (nSPS) is 10.7. The highest BCUT2D eigenvalue weighted by atomic mass is 15.4. The Bertz CT molecular complexity index is 727. The van der Waals surface area contributed by atoms with Gasteiger partial charge in [0.25, 0.3) is 0 Å². The molecule has 0 fully saturated rings. The lowest BCUT2D eigenvalue weighted by Gasteiger charge is -2.06. The zero-order chi connectivity index (χ0) is 12.5. The molecule has 88 valence electrons. The second-order valence-electron chi connectivity index (χ2n) is 4.05. The van der Waals surface area contributed by atoms with Crippen LogP contribution in [-0.2, 0) is 0 Å². The second kappa shape index (κ2) is 4.07. The molecule has 2 aromatic heterocycles. The van der Waals surface area contributed by atoms with Crippen molar-refractivity contribution in [3.05, 3.63) is 54.4 Å². The fourth-order valence-electron chi connectivity index (χ4n) is 1.95. The van der Waals surface area contributed by atoms with E-state index in [0.29, 0.717) is 0 Å². The van der Waals surface area contributed by atoms with Gasteiger partial charge in [0, 0.05) is 5.69 Å². The molecular weight excluding hydrogens is 224 g/mol. The summed E-state index contributed by atoms with van der Waals surface area (Å²) in [6, 6.07) is 11.8. The summed E-state index contributed by atoms with van der Waals surface area (Å²) in [4.78, 5) is 4.45. The molecule has 4 nitrogen and oxygen atoms in total. The van der Waals surface area contributed by atoms with E-state index < -0.39 is 0 Å². The Morgan fingerprint density at radius 2 is 2.00 bits per heavy atom. The van der Waals surface area contributed by atoms with E-state index in [2.05, 4.69) is 21.9 Å². The minimum Gasteiger partial charge on any atom is -0.252 e. The molecule has 3 rings (SSSR count). The van der Waals surface area contributed by atoms with Gasteiger partial charge in [-0.2, -0.15) is 0 Å². The predicted molar refractivity (Wildman–Crippen MR) is 71.5 cm³/mol. The Balaban J connectivity index is 2.29. The number of pyridine rings is 1. The first-order valence-corrected chi connectivity index (χ1v) is 5.70. The van der Waals surface area contributed by atoms with Crippen molar-refractivity contribution >= 4 is 17.1 Å². The smallest absolute Gasteiger partial charge is 0.113 e. The van der Waals surface area contributed by atoms with E-state index in [4.69, 9.17) is 0 Å². The standard InChI is InChI=1S/C14H12N4/c1-3-11-14(9-8-10(2)15-11)18-13-7-5-4-6-12(13)16-17-18/h3-9H,1H2,2H3. The van der Waals surface area contributed by atoms with Gasteiger partial charge in [0.1, 0.15) is 5.52 Å². The number of fused-ring (bicyclic) bond motifs is 1. The van der Waals surface area contributed by atoms with Crippen LogP contribution in [0.15, 0.2) is 43.0 Å². The van der Waals surface area contributed by atoms with Crippen molar-refractivity contribution in [2.24, 2.45) is 0 Å². The average Bonchev–Trinajstić information content (AvgIpc) is 2.82. The Morgan fingerprint density at radius 1 is 1.17 bits per heavy atom. The maximum absolute atomic E-state index is 4.45. The quantitative estimate of drug-likeness (QED) is 0.687. The average molecular weight is 236 g/mol. The minimum absolute atomic E-state index is 0.811. The highest BCUT2D eigenvalue weighted by molar-refractivity contribution is 5.76. The maximum Gasteiger partial charge on any atom is 0.113 e. The zero-order valence-corrected chi connectivity index (χ0v) is 10.0. The summed E-state index contributed by atoms with van der Waals surface area (Å²) < 4.78 is 1.79. The van der Waals surface area contributed by atoms with E-state index in [1.165, 1.54) is 0 Å². The lowest BCUT2D eigenvalue weighted by atomic mass is 10.2. The van der Waals surface area contributed by atoms with Crippen LogP contribution in [0.25, 0.3) is 22.8 Å². The van der Waals surface area contributed by atoms with Crippen LogP contribution >= 0.6 is 0 Å². The fourth-order valence-corrected chi connectivity index (χ4v) is 1.95. The molecule has 0 saturated heterocycles. The van der Waals surface area contributed by atoms with Crippen LogP contribution < -0.4 is 0 Å². The maximum atomic E-state index is 4.45. The Kier molecular flexibility index (Phi) is 2.41. The predicted octanol–water partition coefficient (Wildman–Crippen LogP) is 2.77. The lowest BCUT2D eigenvalue weighted by molar-refractivity contribution is 0.816. The van der Waals surface area contributed by atoms with Crippen LogP contribution in [0.4, 0.5) is 0 Å². The topological polar surface area (TPSA) is 43.6 Å². The van der Waals surface area contributed by atoms with E-state index in [1.807, 2.05) is 43.3 Å². The van der Waals surface area contributed by atoms with E-state index in [9.17, 15) is 0 Å². The second-order valence-corrected chi connectivity index (χ2v) is 4.05. The molecule has 0 unspecified atom stereocenters. The van der Waals surface area contributed by atoms with Crippen LogP contribution in [0.1, 0.15) is 11.4 Å². The first kappa shape index (κ1) is 10.7. The van der Waals surface area contributed by atoms with Gasteiger partial charge in [0.2, 0.25) is 0 Å². The van der Waals surface area contributed by atoms with Crippen molar-refractivity contribution in [1.29, 1.82) is 0 Å². The Morgan fingerprint density at radius 3 is 2.83 bits per heavy atom. The summed E-state index contributed by atoms with van der Waals surface area (Å²) >= 11 is 0. The monoisotopic (exact) mass is 236 g/mol. The summed E-state index contributed by atoms with van der Waals surface area (Å²) in [5.74, 6) is 0. The lowest BCUT2D eigenvalue weighted by Crippen LogP contribution is -2.01. The highest BCUT2D eigenvalue weighted by Crippen LogP contribution is 2.19. The molecule has 0 aliphatic heterocycles. The van der Waals surface area contributed by atoms with Gasteiger partial charge in [0.15, 0.2) is 0 Å². The summed E-state index contributed by atoms with van der Waals surface area (Å²) in [6.07, 6.45) is 1.73. The molecule has 18 heavy (non-hydrogen) atoms. The number of para-hydroxylation sites is 1. The van der Waals surface area contributed by atoms with E-state index in [0.717, 1.165) is 28.1 Å². The number of aryl methyl sites for hydroxylation is 1. The molecule has 0 amide bonds. The SMILES string of the molecule is C=Cc1nc(C)ccc1-n1nnc2ccccc21. The van der Waals surface area contributed by atoms with Crippen LogP contribution in [-0.4, -0.2) is 20.0 Å². The first-order valence-electron chi connectivity index (χ1n) is 5.70. The zero-order valence-electron chi connectivity index (χ0n) is 10.0. The molecule has 0 spiro atoms. The van der Waals surface area contributed by atoms with Crippen molar-refractivity contribution in [1.82, 2.24) is 20.0 Å². The third-order valence-electron chi connectivity index (χ3n) is 2.81. The van der Waals surface area contributed by atoms with E-state index in [-0.39, 0.29) is 0 Å². The molecule has 2 heterocycles. The molecular formula is C14H12N4. The molecule has 0 aliphatic carbocycles. The highest BCUT2D eigenvalue weighted by Gasteiger charge is 2.09. The molecule has 1 aromatic carbocycles. The molecule has 0 bridgehead atoms. The van der Waals surface area contributed by atoms with E-state index in [1.54, 1.807) is 10.8 Å². The molecule has 3 aromatic rings. The summed E-state index contributed by atoms with van der Waals surface area (Å²) in [5.41, 5.74) is 4.49. The Hall–Kier alpha value is -2.49. The van der Waals surface area contributed by atoms with Gasteiger partial charge in [-0.05, 0) is 37.3 Å². The number of aromatic nitrogens is 4. The Labute approximate surface area is 105 Å². The molecule has 4 heteroatoms. The van der Waals surface area contributed by atoms with Crippen LogP contribution in [0.3, 0.4) is 0 Å². The van der Waals surface area contributed by atoms with Crippen molar-refractivity contribution < 1.29 is 0 Å². The largest absolute Gasteiger partial charge is 0.252 e. The van der Waals surface area contributed by atoms with Gasteiger partial charge < -0.3 is 0 Å². The van der Waals surface area contributed by atoms with Crippen LogP contribution in [0.5, 0.6) is 0 Å². The summed E-state index contributed by atoms with van der Waals surface area (Å²) in [6.45, 7) is 5.75. The summed E-state index contributed by atoms with van der Waals surface area (Å²) in [5, 5.41) is 8.33. The molecule has 0 aliphatic rings. The van der Waals surface area contributed by atoms with Crippen molar-refractivity contribution in [2.45, 2.75) is 6.92 Å². The van der Waals surface area contributed by atoms with Gasteiger partial charge in [0.05, 0.1) is 16.9 Å². The molecule has 0 radical (unpaired) electrons. The summed E-state index contributed by atoms with van der Waals surface area (Å²) in [7, 11) is 0. The van der Waals surface area contributed by atoms with Crippen molar-refractivity contribution in [3.63, 3.8) is 0 Å². The van der Waals surface area contributed by atoms with E-state index >= 15 is 0 Å². The molecule has 0 N–H and O–H groups in total. The van der Waals surface area contributed by atoms with Gasteiger partial charge in [-0.15, -0.1) is 5.10 Å². The third-order valence-corrected chi connectivity index (χ3v) is 2.81. The number of hydrogen-bond donors (Lipinski definition) is 0. The van der Waals surface area contributed by atoms with Crippen molar-refractivity contribution in [2.75, 3.05) is 0 Å². The fraction of sp³-hybridized carbons (Fsp3) is 0.0714.